The summed E-state index contributed by atoms with van der Waals surface area (Å²) >= 11 is 0. The van der Waals surface area contributed by atoms with Crippen LogP contribution in [0.4, 0.5) is 0 Å². The largest absolute Gasteiger partial charge is 0.497 e. The van der Waals surface area contributed by atoms with E-state index in [-0.39, 0.29) is 24.0 Å². The zero-order chi connectivity index (χ0) is 21.1. The number of nitrogens with one attached hydrogen (secondary N) is 2. The van der Waals surface area contributed by atoms with Crippen molar-refractivity contribution >= 4 is 29.9 Å². The monoisotopic (exact) mass is 529 g/mol. The van der Waals surface area contributed by atoms with Crippen LogP contribution in [0.25, 0.3) is 0 Å². The molecule has 30 heavy (non-hydrogen) atoms. The van der Waals surface area contributed by atoms with E-state index in [4.69, 9.17) is 18.9 Å². The lowest BCUT2D eigenvalue weighted by atomic mass is 10.1. The number of aliphatic imine (C=N–C) groups is 1. The number of hydrogen-bond donors (Lipinski definition) is 2. The van der Waals surface area contributed by atoms with Crippen molar-refractivity contribution in [2.75, 3.05) is 41.5 Å². The molecular weight excluding hydrogens is 497 g/mol. The molecule has 0 aliphatic rings. The van der Waals surface area contributed by atoms with Crippen molar-refractivity contribution in [3.63, 3.8) is 0 Å². The van der Waals surface area contributed by atoms with Crippen LogP contribution in [0.2, 0.25) is 0 Å². The maximum atomic E-state index is 5.55. The van der Waals surface area contributed by atoms with Gasteiger partial charge in [0.1, 0.15) is 5.75 Å². The Labute approximate surface area is 196 Å². The highest BCUT2D eigenvalue weighted by Crippen LogP contribution is 2.39. The van der Waals surface area contributed by atoms with Gasteiger partial charge < -0.3 is 29.6 Å². The number of benzene rings is 2. The predicted octanol–water partition coefficient (Wildman–Crippen LogP) is 3.64. The first-order chi connectivity index (χ1) is 14.2. The van der Waals surface area contributed by atoms with Crippen LogP contribution in [0.1, 0.15) is 18.1 Å². The summed E-state index contributed by atoms with van der Waals surface area (Å²) in [6.45, 7) is 4.11. The van der Waals surface area contributed by atoms with E-state index in [1.54, 1.807) is 28.4 Å². The van der Waals surface area contributed by atoms with Crippen molar-refractivity contribution in [2.24, 2.45) is 4.99 Å². The maximum absolute atomic E-state index is 5.55. The second-order valence-corrected chi connectivity index (χ2v) is 6.21. The van der Waals surface area contributed by atoms with Crippen LogP contribution in [-0.4, -0.2) is 47.5 Å². The fourth-order valence-corrected chi connectivity index (χ4v) is 2.92. The summed E-state index contributed by atoms with van der Waals surface area (Å²) in [5.41, 5.74) is 2.15. The zero-order valence-electron chi connectivity index (χ0n) is 18.3. The van der Waals surface area contributed by atoms with Gasteiger partial charge in [-0.1, -0.05) is 18.2 Å². The van der Waals surface area contributed by atoms with E-state index in [0.717, 1.165) is 35.8 Å². The molecule has 0 fully saturated rings. The molecule has 0 unspecified atom stereocenters. The smallest absolute Gasteiger partial charge is 0.203 e. The van der Waals surface area contributed by atoms with Crippen LogP contribution in [0.3, 0.4) is 0 Å². The van der Waals surface area contributed by atoms with E-state index in [1.165, 1.54) is 0 Å². The van der Waals surface area contributed by atoms with Crippen LogP contribution in [0, 0.1) is 0 Å². The highest BCUT2D eigenvalue weighted by Gasteiger charge is 2.15. The summed E-state index contributed by atoms with van der Waals surface area (Å²) in [6.07, 6.45) is 0.747. The summed E-state index contributed by atoms with van der Waals surface area (Å²) in [5, 5.41) is 6.64. The Balaban J connectivity index is 0.00000450. The van der Waals surface area contributed by atoms with Gasteiger partial charge in [-0.15, -0.1) is 24.0 Å². The van der Waals surface area contributed by atoms with E-state index < -0.39 is 0 Å². The third-order valence-corrected chi connectivity index (χ3v) is 4.40. The maximum Gasteiger partial charge on any atom is 0.203 e. The Morgan fingerprint density at radius 2 is 1.53 bits per heavy atom. The van der Waals surface area contributed by atoms with E-state index in [9.17, 15) is 0 Å². The summed E-state index contributed by atoms with van der Waals surface area (Å²) in [4.78, 5) is 4.65. The zero-order valence-corrected chi connectivity index (χ0v) is 20.6. The number of halogens is 1. The molecule has 166 valence electrons. The normalized spacial score (nSPS) is 10.6. The Hall–Kier alpha value is -2.36. The van der Waals surface area contributed by atoms with Crippen molar-refractivity contribution in [3.05, 3.63) is 47.5 Å². The Bertz CT molecular complexity index is 798. The van der Waals surface area contributed by atoms with Crippen molar-refractivity contribution in [3.8, 4) is 23.0 Å². The average Bonchev–Trinajstić information content (AvgIpc) is 2.77. The van der Waals surface area contributed by atoms with Gasteiger partial charge in [-0.2, -0.15) is 0 Å². The molecule has 0 heterocycles. The first kappa shape index (κ1) is 25.7. The molecule has 2 aromatic carbocycles. The van der Waals surface area contributed by atoms with Crippen LogP contribution >= 0.6 is 24.0 Å². The summed E-state index contributed by atoms with van der Waals surface area (Å²) in [7, 11) is 6.51. The van der Waals surface area contributed by atoms with Gasteiger partial charge in [0.05, 0.1) is 35.0 Å². The first-order valence-electron chi connectivity index (χ1n) is 9.59. The highest BCUT2D eigenvalue weighted by atomic mass is 127. The standard InChI is InChI=1S/C22H31N3O4.HI/c1-6-23-22(25-15-16-7-10-18(26-2)11-8-16)24-14-13-17-9-12-19(27-3)21(29-5)20(17)28-4;/h7-12H,6,13-15H2,1-5H3,(H2,23,24,25);1H. The number of hydrogen-bond acceptors (Lipinski definition) is 5. The quantitative estimate of drug-likeness (QED) is 0.278. The molecular formula is C22H32IN3O4. The fraction of sp³-hybridized carbons (Fsp3) is 0.409. The van der Waals surface area contributed by atoms with Crippen LogP contribution in [-0.2, 0) is 13.0 Å². The van der Waals surface area contributed by atoms with Crippen molar-refractivity contribution in [2.45, 2.75) is 19.9 Å². The number of methoxy groups -OCH3 is 4. The summed E-state index contributed by atoms with van der Waals surface area (Å²) in [5.74, 6) is 3.55. The second-order valence-electron chi connectivity index (χ2n) is 6.21. The summed E-state index contributed by atoms with van der Waals surface area (Å²) < 4.78 is 21.5. The molecule has 0 saturated heterocycles. The molecule has 2 rings (SSSR count). The van der Waals surface area contributed by atoms with Gasteiger partial charge in [-0.25, -0.2) is 4.99 Å². The van der Waals surface area contributed by atoms with Crippen molar-refractivity contribution < 1.29 is 18.9 Å². The van der Waals surface area contributed by atoms with Gasteiger partial charge in [0, 0.05) is 18.7 Å². The number of guanidine groups is 1. The minimum absolute atomic E-state index is 0. The lowest BCUT2D eigenvalue weighted by molar-refractivity contribution is 0.322. The molecule has 7 nitrogen and oxygen atoms in total. The highest BCUT2D eigenvalue weighted by molar-refractivity contribution is 14.0. The van der Waals surface area contributed by atoms with E-state index in [0.29, 0.717) is 30.3 Å². The molecule has 0 aromatic heterocycles. The van der Waals surface area contributed by atoms with Crippen LogP contribution in [0.15, 0.2) is 41.4 Å². The number of rotatable bonds is 10. The Morgan fingerprint density at radius 1 is 0.833 bits per heavy atom. The van der Waals surface area contributed by atoms with Gasteiger partial charge in [0.2, 0.25) is 5.75 Å². The fourth-order valence-electron chi connectivity index (χ4n) is 2.92. The number of nitrogens with zero attached hydrogens (tertiary/aromatic N) is 1. The summed E-state index contributed by atoms with van der Waals surface area (Å²) in [6, 6.07) is 11.8. The lowest BCUT2D eigenvalue weighted by Gasteiger charge is -2.16. The third kappa shape index (κ3) is 7.16. The molecule has 0 amide bonds. The van der Waals surface area contributed by atoms with Gasteiger partial charge >= 0.3 is 0 Å². The molecule has 2 N–H and O–H groups in total. The molecule has 0 aliphatic heterocycles. The average molecular weight is 529 g/mol. The third-order valence-electron chi connectivity index (χ3n) is 4.40. The Kier molecular flexibility index (Phi) is 11.8. The number of ether oxygens (including phenoxy) is 4. The van der Waals surface area contributed by atoms with Gasteiger partial charge in [-0.05, 0) is 37.1 Å². The van der Waals surface area contributed by atoms with Crippen molar-refractivity contribution in [1.82, 2.24) is 10.6 Å². The Morgan fingerprint density at radius 3 is 2.10 bits per heavy atom. The molecule has 0 atom stereocenters. The van der Waals surface area contributed by atoms with Gasteiger partial charge in [-0.3, -0.25) is 0 Å². The van der Waals surface area contributed by atoms with Crippen LogP contribution in [0.5, 0.6) is 23.0 Å². The van der Waals surface area contributed by atoms with E-state index in [1.807, 2.05) is 43.3 Å². The molecule has 0 radical (unpaired) electrons. The molecule has 0 bridgehead atoms. The van der Waals surface area contributed by atoms with Gasteiger partial charge in [0.15, 0.2) is 17.5 Å². The molecule has 2 aromatic rings. The van der Waals surface area contributed by atoms with E-state index >= 15 is 0 Å². The molecule has 8 heteroatoms. The minimum Gasteiger partial charge on any atom is -0.497 e. The molecule has 0 spiro atoms. The van der Waals surface area contributed by atoms with Gasteiger partial charge in [0.25, 0.3) is 0 Å². The lowest BCUT2D eigenvalue weighted by Crippen LogP contribution is -2.38. The minimum atomic E-state index is 0. The van der Waals surface area contributed by atoms with Crippen molar-refractivity contribution in [1.29, 1.82) is 0 Å². The van der Waals surface area contributed by atoms with Crippen LogP contribution < -0.4 is 29.6 Å². The SMILES string of the molecule is CCNC(=NCc1ccc(OC)cc1)NCCc1ccc(OC)c(OC)c1OC.I. The first-order valence-corrected chi connectivity index (χ1v) is 9.59. The molecule has 0 aliphatic carbocycles. The predicted molar refractivity (Wildman–Crippen MR) is 131 cm³/mol. The second kappa shape index (κ2) is 13.8. The van der Waals surface area contributed by atoms with E-state index in [2.05, 4.69) is 15.6 Å². The molecule has 0 saturated carbocycles. The topological polar surface area (TPSA) is 73.3 Å².